The molecule has 1 atom stereocenters. The molecular weight excluding hydrogens is 322 g/mol. The highest BCUT2D eigenvalue weighted by molar-refractivity contribution is 9.11. The standard InChI is InChI=1S/C12H17BrClNOS/c1-3-9(4-5-14)7-15-12(16)10-6-8(2)11(13)17-10/h6,9H,3-5,7H2,1-2H3,(H,15,16). The number of aryl methyl sites for hydroxylation is 1. The molecule has 0 radical (unpaired) electrons. The van der Waals surface area contributed by atoms with E-state index < -0.39 is 0 Å². The molecule has 5 heteroatoms. The van der Waals surface area contributed by atoms with Crippen LogP contribution in [0.4, 0.5) is 0 Å². The van der Waals surface area contributed by atoms with Crippen molar-refractivity contribution in [1.82, 2.24) is 5.32 Å². The number of amides is 1. The molecule has 1 aromatic rings. The van der Waals surface area contributed by atoms with Crippen LogP contribution in [0.1, 0.15) is 35.0 Å². The van der Waals surface area contributed by atoms with Crippen LogP contribution in [0.2, 0.25) is 0 Å². The number of nitrogens with one attached hydrogen (secondary N) is 1. The van der Waals surface area contributed by atoms with Gasteiger partial charge in [-0.15, -0.1) is 22.9 Å². The van der Waals surface area contributed by atoms with Gasteiger partial charge in [-0.25, -0.2) is 0 Å². The molecule has 1 amide bonds. The second kappa shape index (κ2) is 7.39. The van der Waals surface area contributed by atoms with Crippen LogP contribution in [0.25, 0.3) is 0 Å². The Labute approximate surface area is 120 Å². The summed E-state index contributed by atoms with van der Waals surface area (Å²) in [5, 5.41) is 2.97. The molecule has 1 N–H and O–H groups in total. The van der Waals surface area contributed by atoms with E-state index in [4.69, 9.17) is 11.6 Å². The van der Waals surface area contributed by atoms with Gasteiger partial charge >= 0.3 is 0 Å². The summed E-state index contributed by atoms with van der Waals surface area (Å²) >= 11 is 10.6. The maximum Gasteiger partial charge on any atom is 0.261 e. The van der Waals surface area contributed by atoms with E-state index in [9.17, 15) is 4.79 Å². The SMILES string of the molecule is CCC(CCCl)CNC(=O)c1cc(C)c(Br)s1. The Morgan fingerprint density at radius 2 is 2.35 bits per heavy atom. The van der Waals surface area contributed by atoms with E-state index in [0.717, 1.165) is 27.1 Å². The van der Waals surface area contributed by atoms with Gasteiger partial charge in [-0.3, -0.25) is 4.79 Å². The first kappa shape index (κ1) is 15.0. The van der Waals surface area contributed by atoms with Gasteiger partial charge in [-0.05, 0) is 46.8 Å². The predicted octanol–water partition coefficient (Wildman–Crippen LogP) is 4.20. The van der Waals surface area contributed by atoms with E-state index in [1.807, 2.05) is 13.0 Å². The lowest BCUT2D eigenvalue weighted by atomic mass is 10.0. The van der Waals surface area contributed by atoms with E-state index in [2.05, 4.69) is 28.2 Å². The highest BCUT2D eigenvalue weighted by Gasteiger charge is 2.13. The predicted molar refractivity (Wildman–Crippen MR) is 78.2 cm³/mol. The van der Waals surface area contributed by atoms with Gasteiger partial charge in [0.15, 0.2) is 0 Å². The van der Waals surface area contributed by atoms with Crippen molar-refractivity contribution < 1.29 is 4.79 Å². The molecule has 1 unspecified atom stereocenters. The molecular formula is C12H17BrClNOS. The Kier molecular flexibility index (Phi) is 6.52. The largest absolute Gasteiger partial charge is 0.351 e. The van der Waals surface area contributed by atoms with Gasteiger partial charge in [-0.2, -0.15) is 0 Å². The van der Waals surface area contributed by atoms with Crippen molar-refractivity contribution in [3.63, 3.8) is 0 Å². The van der Waals surface area contributed by atoms with Crippen molar-refractivity contribution >= 4 is 44.8 Å². The van der Waals surface area contributed by atoms with Crippen molar-refractivity contribution in [1.29, 1.82) is 0 Å². The maximum atomic E-state index is 11.9. The number of hydrogen-bond donors (Lipinski definition) is 1. The number of rotatable bonds is 6. The summed E-state index contributed by atoms with van der Waals surface area (Å²) in [6, 6.07) is 1.91. The second-order valence-corrected chi connectivity index (χ2v) is 6.78. The third kappa shape index (κ3) is 4.60. The normalized spacial score (nSPS) is 12.5. The van der Waals surface area contributed by atoms with Crippen molar-refractivity contribution in [3.8, 4) is 0 Å². The topological polar surface area (TPSA) is 29.1 Å². The fourth-order valence-corrected chi connectivity index (χ4v) is 3.26. The van der Waals surface area contributed by atoms with Gasteiger partial charge in [0.05, 0.1) is 8.66 Å². The zero-order valence-electron chi connectivity index (χ0n) is 10.1. The molecule has 0 fully saturated rings. The summed E-state index contributed by atoms with van der Waals surface area (Å²) in [5.41, 5.74) is 1.10. The van der Waals surface area contributed by atoms with Crippen LogP contribution in [0, 0.1) is 12.8 Å². The van der Waals surface area contributed by atoms with Crippen LogP contribution in [0.5, 0.6) is 0 Å². The average molecular weight is 339 g/mol. The summed E-state index contributed by atoms with van der Waals surface area (Å²) in [6.07, 6.45) is 1.99. The number of hydrogen-bond acceptors (Lipinski definition) is 2. The Morgan fingerprint density at radius 1 is 1.65 bits per heavy atom. The van der Waals surface area contributed by atoms with Crippen LogP contribution < -0.4 is 5.32 Å². The van der Waals surface area contributed by atoms with Crippen LogP contribution >= 0.6 is 38.9 Å². The maximum absolute atomic E-state index is 11.9. The number of halogens is 2. The Bertz CT molecular complexity index is 361. The van der Waals surface area contributed by atoms with Crippen LogP contribution in [-0.4, -0.2) is 18.3 Å². The first-order valence-electron chi connectivity index (χ1n) is 5.68. The molecule has 0 saturated carbocycles. The fourth-order valence-electron chi connectivity index (χ4n) is 1.50. The zero-order chi connectivity index (χ0) is 12.8. The van der Waals surface area contributed by atoms with Crippen molar-refractivity contribution in [2.45, 2.75) is 26.7 Å². The second-order valence-electron chi connectivity index (χ2n) is 4.03. The molecule has 0 aromatic carbocycles. The van der Waals surface area contributed by atoms with Gasteiger partial charge in [0.1, 0.15) is 0 Å². The quantitative estimate of drug-likeness (QED) is 0.774. The fraction of sp³-hybridized carbons (Fsp3) is 0.583. The summed E-state index contributed by atoms with van der Waals surface area (Å²) < 4.78 is 1.02. The number of alkyl halides is 1. The Hall–Kier alpha value is -0.0600. The van der Waals surface area contributed by atoms with Crippen LogP contribution in [0.15, 0.2) is 9.85 Å². The van der Waals surface area contributed by atoms with E-state index in [1.54, 1.807) is 0 Å². The molecule has 1 rings (SSSR count). The Morgan fingerprint density at radius 3 is 2.82 bits per heavy atom. The van der Waals surface area contributed by atoms with E-state index >= 15 is 0 Å². The molecule has 96 valence electrons. The zero-order valence-corrected chi connectivity index (χ0v) is 13.2. The summed E-state index contributed by atoms with van der Waals surface area (Å²) in [5.74, 6) is 1.13. The number of thiophene rings is 1. The molecule has 0 spiro atoms. The molecule has 1 heterocycles. The van der Waals surface area contributed by atoms with Crippen molar-refractivity contribution in [2.24, 2.45) is 5.92 Å². The van der Waals surface area contributed by atoms with Gasteiger partial charge in [0.2, 0.25) is 0 Å². The van der Waals surface area contributed by atoms with Gasteiger partial charge in [0.25, 0.3) is 5.91 Å². The molecule has 0 aliphatic rings. The number of carbonyl (C=O) groups is 1. The summed E-state index contributed by atoms with van der Waals surface area (Å²) in [6.45, 7) is 4.81. The minimum atomic E-state index is 0.0109. The first-order valence-corrected chi connectivity index (χ1v) is 7.83. The molecule has 0 saturated heterocycles. The molecule has 2 nitrogen and oxygen atoms in total. The van der Waals surface area contributed by atoms with Crippen molar-refractivity contribution in [2.75, 3.05) is 12.4 Å². The minimum Gasteiger partial charge on any atom is -0.351 e. The highest BCUT2D eigenvalue weighted by Crippen LogP contribution is 2.27. The lowest BCUT2D eigenvalue weighted by Gasteiger charge is -2.13. The first-order chi connectivity index (χ1) is 8.08. The molecule has 0 aliphatic carbocycles. The number of carbonyl (C=O) groups excluding carboxylic acids is 1. The van der Waals surface area contributed by atoms with Crippen molar-refractivity contribution in [3.05, 3.63) is 20.3 Å². The molecule has 17 heavy (non-hydrogen) atoms. The molecule has 0 aliphatic heterocycles. The Balaban J connectivity index is 2.49. The minimum absolute atomic E-state index is 0.0109. The van der Waals surface area contributed by atoms with Gasteiger partial charge in [0, 0.05) is 12.4 Å². The van der Waals surface area contributed by atoms with E-state index in [1.165, 1.54) is 11.3 Å². The summed E-state index contributed by atoms with van der Waals surface area (Å²) in [4.78, 5) is 12.6. The monoisotopic (exact) mass is 337 g/mol. The van der Waals surface area contributed by atoms with E-state index in [-0.39, 0.29) is 5.91 Å². The lowest BCUT2D eigenvalue weighted by molar-refractivity contribution is 0.0950. The molecule has 0 bridgehead atoms. The van der Waals surface area contributed by atoms with Gasteiger partial charge in [-0.1, -0.05) is 13.3 Å². The average Bonchev–Trinajstić information content (AvgIpc) is 2.64. The van der Waals surface area contributed by atoms with E-state index in [0.29, 0.717) is 18.3 Å². The lowest BCUT2D eigenvalue weighted by Crippen LogP contribution is -2.28. The highest BCUT2D eigenvalue weighted by atomic mass is 79.9. The van der Waals surface area contributed by atoms with Crippen LogP contribution in [0.3, 0.4) is 0 Å². The third-order valence-electron chi connectivity index (χ3n) is 2.73. The van der Waals surface area contributed by atoms with Gasteiger partial charge < -0.3 is 5.32 Å². The smallest absolute Gasteiger partial charge is 0.261 e. The van der Waals surface area contributed by atoms with Crippen LogP contribution in [-0.2, 0) is 0 Å². The third-order valence-corrected chi connectivity index (χ3v) is 5.08. The molecule has 1 aromatic heterocycles. The summed E-state index contributed by atoms with van der Waals surface area (Å²) in [7, 11) is 0.